The molecular weight excluding hydrogens is 379 g/mol. The van der Waals surface area contributed by atoms with Gasteiger partial charge in [-0.05, 0) is 42.8 Å². The van der Waals surface area contributed by atoms with Crippen LogP contribution in [0.4, 0.5) is 10.1 Å². The van der Waals surface area contributed by atoms with Crippen molar-refractivity contribution in [1.29, 1.82) is 0 Å². The Morgan fingerprint density at radius 2 is 1.77 bits per heavy atom. The smallest absolute Gasteiger partial charge is 0.241 e. The molecule has 0 unspecified atom stereocenters. The Labute approximate surface area is 177 Å². The highest BCUT2D eigenvalue weighted by atomic mass is 19.1. The molecule has 0 fully saturated rings. The van der Waals surface area contributed by atoms with Crippen LogP contribution >= 0.6 is 0 Å². The third-order valence-electron chi connectivity index (χ3n) is 5.20. The van der Waals surface area contributed by atoms with E-state index in [9.17, 15) is 9.18 Å². The fourth-order valence-corrected chi connectivity index (χ4v) is 3.43. The first-order valence-electron chi connectivity index (χ1n) is 10.0. The Morgan fingerprint density at radius 1 is 1.07 bits per heavy atom. The standard InChI is InChI=1S/C25H27FN2O2/c1-4-28(17-19-14-15-24(30-3)22(26)16-19)18(2)25(29)27-23-13-9-8-12-21(23)20-10-6-5-7-11-20/h5-16,18H,4,17H2,1-3H3,(H,27,29)/t18-/m0/s1. The monoisotopic (exact) mass is 406 g/mol. The molecule has 1 amide bonds. The van der Waals surface area contributed by atoms with Gasteiger partial charge >= 0.3 is 0 Å². The molecule has 0 aliphatic carbocycles. The summed E-state index contributed by atoms with van der Waals surface area (Å²) in [6.45, 7) is 4.97. The molecule has 0 heterocycles. The summed E-state index contributed by atoms with van der Waals surface area (Å²) in [5.74, 6) is -0.292. The topological polar surface area (TPSA) is 41.6 Å². The van der Waals surface area contributed by atoms with Gasteiger partial charge in [0.2, 0.25) is 5.91 Å². The maximum absolute atomic E-state index is 14.0. The largest absolute Gasteiger partial charge is 0.494 e. The zero-order valence-electron chi connectivity index (χ0n) is 17.6. The van der Waals surface area contributed by atoms with Crippen molar-refractivity contribution in [1.82, 2.24) is 4.90 Å². The number of carbonyl (C=O) groups is 1. The predicted octanol–water partition coefficient (Wildman–Crippen LogP) is 5.35. The third-order valence-corrected chi connectivity index (χ3v) is 5.20. The van der Waals surface area contributed by atoms with Gasteiger partial charge in [0.1, 0.15) is 0 Å². The van der Waals surface area contributed by atoms with Crippen LogP contribution in [0.3, 0.4) is 0 Å². The number of amides is 1. The lowest BCUT2D eigenvalue weighted by Crippen LogP contribution is -2.41. The highest BCUT2D eigenvalue weighted by Crippen LogP contribution is 2.28. The first-order valence-corrected chi connectivity index (χ1v) is 10.0. The van der Waals surface area contributed by atoms with Crippen LogP contribution in [-0.2, 0) is 11.3 Å². The van der Waals surface area contributed by atoms with Crippen LogP contribution in [0.15, 0.2) is 72.8 Å². The quantitative estimate of drug-likeness (QED) is 0.548. The van der Waals surface area contributed by atoms with E-state index in [0.29, 0.717) is 13.1 Å². The van der Waals surface area contributed by atoms with Gasteiger partial charge in [-0.15, -0.1) is 0 Å². The fourth-order valence-electron chi connectivity index (χ4n) is 3.43. The zero-order chi connectivity index (χ0) is 21.5. The molecule has 0 aliphatic heterocycles. The van der Waals surface area contributed by atoms with Gasteiger partial charge in [-0.3, -0.25) is 9.69 Å². The van der Waals surface area contributed by atoms with E-state index < -0.39 is 5.82 Å². The summed E-state index contributed by atoms with van der Waals surface area (Å²) in [4.78, 5) is 15.0. The lowest BCUT2D eigenvalue weighted by Gasteiger charge is -2.27. The molecule has 1 N–H and O–H groups in total. The van der Waals surface area contributed by atoms with Gasteiger partial charge in [-0.1, -0.05) is 61.5 Å². The normalized spacial score (nSPS) is 11.9. The Kier molecular flexibility index (Phi) is 7.20. The number of carbonyl (C=O) groups excluding carboxylic acids is 1. The number of hydrogen-bond donors (Lipinski definition) is 1. The Morgan fingerprint density at radius 3 is 2.43 bits per heavy atom. The second kappa shape index (κ2) is 10.0. The van der Waals surface area contributed by atoms with Crippen molar-refractivity contribution in [2.45, 2.75) is 26.4 Å². The molecule has 30 heavy (non-hydrogen) atoms. The van der Waals surface area contributed by atoms with Crippen LogP contribution in [-0.4, -0.2) is 30.5 Å². The number of methoxy groups -OCH3 is 1. The number of nitrogens with one attached hydrogen (secondary N) is 1. The molecule has 0 radical (unpaired) electrons. The number of likely N-dealkylation sites (N-methyl/N-ethyl adjacent to an activating group) is 1. The van der Waals surface area contributed by atoms with Crippen molar-refractivity contribution in [3.8, 4) is 16.9 Å². The van der Waals surface area contributed by atoms with Crippen molar-refractivity contribution < 1.29 is 13.9 Å². The predicted molar refractivity (Wildman–Crippen MR) is 119 cm³/mol. The van der Waals surface area contributed by atoms with Crippen LogP contribution in [0.25, 0.3) is 11.1 Å². The molecule has 0 aliphatic rings. The Hall–Kier alpha value is -3.18. The highest BCUT2D eigenvalue weighted by Gasteiger charge is 2.21. The van der Waals surface area contributed by atoms with Gasteiger partial charge in [0.15, 0.2) is 11.6 Å². The van der Waals surface area contributed by atoms with Gasteiger partial charge in [-0.25, -0.2) is 4.39 Å². The van der Waals surface area contributed by atoms with Crippen LogP contribution < -0.4 is 10.1 Å². The molecule has 0 spiro atoms. The van der Waals surface area contributed by atoms with Crippen LogP contribution in [0.2, 0.25) is 0 Å². The number of ether oxygens (including phenoxy) is 1. The fraction of sp³-hybridized carbons (Fsp3) is 0.240. The molecule has 0 aromatic heterocycles. The molecule has 1 atom stereocenters. The van der Waals surface area contributed by atoms with Gasteiger partial charge in [0.05, 0.1) is 13.2 Å². The van der Waals surface area contributed by atoms with E-state index in [1.165, 1.54) is 13.2 Å². The first-order chi connectivity index (χ1) is 14.5. The minimum atomic E-state index is -0.403. The van der Waals surface area contributed by atoms with E-state index >= 15 is 0 Å². The number of nitrogens with zero attached hydrogens (tertiary/aromatic N) is 1. The molecule has 3 aromatic rings. The summed E-state index contributed by atoms with van der Waals surface area (Å²) in [6.07, 6.45) is 0. The zero-order valence-corrected chi connectivity index (χ0v) is 17.6. The molecule has 0 saturated heterocycles. The maximum atomic E-state index is 14.0. The number of benzene rings is 3. The van der Waals surface area contributed by atoms with Crippen molar-refractivity contribution in [3.63, 3.8) is 0 Å². The van der Waals surface area contributed by atoms with Crippen molar-refractivity contribution >= 4 is 11.6 Å². The number of hydrogen-bond acceptors (Lipinski definition) is 3. The van der Waals surface area contributed by atoms with Gasteiger partial charge in [-0.2, -0.15) is 0 Å². The van der Waals surface area contributed by atoms with E-state index in [4.69, 9.17) is 4.74 Å². The lowest BCUT2D eigenvalue weighted by atomic mass is 10.0. The molecular formula is C25H27FN2O2. The maximum Gasteiger partial charge on any atom is 0.241 e. The summed E-state index contributed by atoms with van der Waals surface area (Å²) < 4.78 is 19.0. The number of halogens is 1. The third kappa shape index (κ3) is 5.05. The summed E-state index contributed by atoms with van der Waals surface area (Å²) in [6, 6.07) is 22.2. The second-order valence-corrected chi connectivity index (χ2v) is 7.11. The number of rotatable bonds is 8. The molecule has 3 rings (SSSR count). The summed E-state index contributed by atoms with van der Waals surface area (Å²) >= 11 is 0. The van der Waals surface area contributed by atoms with E-state index in [0.717, 1.165) is 22.4 Å². The number of para-hydroxylation sites is 1. The summed E-state index contributed by atoms with van der Waals surface area (Å²) in [5, 5.41) is 3.06. The Bertz CT molecular complexity index is 991. The van der Waals surface area contributed by atoms with Crippen molar-refractivity contribution in [2.24, 2.45) is 0 Å². The van der Waals surface area contributed by atoms with Crippen LogP contribution in [0, 0.1) is 5.82 Å². The molecule has 4 nitrogen and oxygen atoms in total. The van der Waals surface area contributed by atoms with E-state index in [2.05, 4.69) is 5.32 Å². The second-order valence-electron chi connectivity index (χ2n) is 7.11. The minimum Gasteiger partial charge on any atom is -0.494 e. The highest BCUT2D eigenvalue weighted by molar-refractivity contribution is 5.98. The van der Waals surface area contributed by atoms with E-state index in [1.807, 2.05) is 79.4 Å². The van der Waals surface area contributed by atoms with Crippen LogP contribution in [0.1, 0.15) is 19.4 Å². The van der Waals surface area contributed by atoms with Gasteiger partial charge in [0.25, 0.3) is 0 Å². The summed E-state index contributed by atoms with van der Waals surface area (Å²) in [5.41, 5.74) is 3.58. The first kappa shape index (κ1) is 21.5. The van der Waals surface area contributed by atoms with E-state index in [1.54, 1.807) is 6.07 Å². The van der Waals surface area contributed by atoms with Gasteiger partial charge < -0.3 is 10.1 Å². The Balaban J connectivity index is 1.74. The lowest BCUT2D eigenvalue weighted by molar-refractivity contribution is -0.120. The molecule has 0 bridgehead atoms. The average molecular weight is 407 g/mol. The summed E-state index contributed by atoms with van der Waals surface area (Å²) in [7, 11) is 1.44. The molecule has 5 heteroatoms. The van der Waals surface area contributed by atoms with E-state index in [-0.39, 0.29) is 17.7 Å². The SMILES string of the molecule is CCN(Cc1ccc(OC)c(F)c1)[C@@H](C)C(=O)Nc1ccccc1-c1ccccc1. The van der Waals surface area contributed by atoms with Crippen molar-refractivity contribution in [3.05, 3.63) is 84.2 Å². The molecule has 0 saturated carbocycles. The van der Waals surface area contributed by atoms with Gasteiger partial charge in [0, 0.05) is 17.8 Å². The van der Waals surface area contributed by atoms with Crippen LogP contribution in [0.5, 0.6) is 5.75 Å². The number of anilines is 1. The average Bonchev–Trinajstić information content (AvgIpc) is 2.78. The minimum absolute atomic E-state index is 0.103. The molecule has 3 aromatic carbocycles. The molecule has 156 valence electrons. The van der Waals surface area contributed by atoms with Crippen molar-refractivity contribution in [2.75, 3.05) is 19.0 Å².